The molecule has 48 valence electrons. The minimum atomic E-state index is -1.40. The third-order valence-corrected chi connectivity index (χ3v) is 0.560. The number of rotatable bonds is 0. The first kappa shape index (κ1) is 5.80. The minimum absolute atomic E-state index is 1.21. The highest BCUT2D eigenvalue weighted by Gasteiger charge is 1.95. The van der Waals surface area contributed by atoms with Gasteiger partial charge in [-0.3, -0.25) is 0 Å². The maximum absolute atomic E-state index is 11.7. The molecule has 0 bridgehead atoms. The Bertz CT molecular complexity index is 178. The molecule has 0 aliphatic rings. The van der Waals surface area contributed by atoms with Gasteiger partial charge in [0.15, 0.2) is 0 Å². The molecule has 0 atom stereocenters. The highest BCUT2D eigenvalue weighted by atomic mass is 19.1. The Kier molecular flexibility index (Phi) is 1.21. The highest BCUT2D eigenvalue weighted by molar-refractivity contribution is 4.82. The summed E-state index contributed by atoms with van der Waals surface area (Å²) < 4.78 is 23.5. The van der Waals surface area contributed by atoms with Gasteiger partial charge in [0.1, 0.15) is 0 Å². The maximum atomic E-state index is 11.7. The van der Waals surface area contributed by atoms with E-state index in [9.17, 15) is 13.9 Å². The van der Waals surface area contributed by atoms with E-state index in [1.807, 2.05) is 0 Å². The van der Waals surface area contributed by atoms with Crippen molar-refractivity contribution >= 4 is 0 Å². The molecular weight excluding hydrogens is 132 g/mol. The van der Waals surface area contributed by atoms with Crippen LogP contribution in [-0.4, -0.2) is 15.0 Å². The van der Waals surface area contributed by atoms with Gasteiger partial charge in [0, 0.05) is 0 Å². The number of halogens is 2. The van der Waals surface area contributed by atoms with E-state index in [2.05, 4.69) is 15.0 Å². The summed E-state index contributed by atoms with van der Waals surface area (Å²) in [5.41, 5.74) is 0. The van der Waals surface area contributed by atoms with Gasteiger partial charge < -0.3 is 5.11 Å². The number of aromatic nitrogens is 3. The van der Waals surface area contributed by atoms with Gasteiger partial charge in [0.2, 0.25) is 0 Å². The standard InChI is InChI=1S/C3HF2N3O/c4-1-6-2(5)8-3(9)7-1/h(H,6,7,8,9)/p-1. The van der Waals surface area contributed by atoms with Crippen molar-refractivity contribution in [3.8, 4) is 6.01 Å². The molecule has 6 heteroatoms. The lowest BCUT2D eigenvalue weighted by atomic mass is 11.0. The lowest BCUT2D eigenvalue weighted by molar-refractivity contribution is -0.283. The molecule has 0 aliphatic carbocycles. The molecule has 0 fully saturated rings. The van der Waals surface area contributed by atoms with Crippen molar-refractivity contribution in [3.63, 3.8) is 0 Å². The zero-order valence-electron chi connectivity index (χ0n) is 4.01. The van der Waals surface area contributed by atoms with Crippen molar-refractivity contribution in [2.24, 2.45) is 0 Å². The Labute approximate surface area is 48.2 Å². The van der Waals surface area contributed by atoms with E-state index in [-0.39, 0.29) is 0 Å². The summed E-state index contributed by atoms with van der Waals surface area (Å²) in [5.74, 6) is 0. The van der Waals surface area contributed by atoms with Crippen LogP contribution in [0.4, 0.5) is 8.78 Å². The number of hydrogen-bond donors (Lipinski definition) is 0. The van der Waals surface area contributed by atoms with E-state index < -0.39 is 18.2 Å². The molecular formula is C3F2N3O-. The van der Waals surface area contributed by atoms with Crippen molar-refractivity contribution in [1.29, 1.82) is 0 Å². The van der Waals surface area contributed by atoms with Crippen LogP contribution in [0.15, 0.2) is 0 Å². The van der Waals surface area contributed by atoms with Gasteiger partial charge in [0.25, 0.3) is 0 Å². The SMILES string of the molecule is [O-]c1nc(F)nc(F)n1. The number of nitrogens with zero attached hydrogens (tertiary/aromatic N) is 3. The van der Waals surface area contributed by atoms with E-state index in [1.165, 1.54) is 0 Å². The summed E-state index contributed by atoms with van der Waals surface area (Å²) in [4.78, 5) is 7.58. The van der Waals surface area contributed by atoms with Gasteiger partial charge in [-0.15, -0.1) is 0 Å². The molecule has 0 saturated heterocycles. The van der Waals surface area contributed by atoms with Crippen LogP contribution in [0.5, 0.6) is 6.01 Å². The Balaban J connectivity index is 3.17. The van der Waals surface area contributed by atoms with Gasteiger partial charge in [-0.1, -0.05) is 0 Å². The van der Waals surface area contributed by atoms with E-state index in [1.54, 1.807) is 0 Å². The third-order valence-electron chi connectivity index (χ3n) is 0.560. The molecule has 1 aromatic rings. The quantitative estimate of drug-likeness (QED) is 0.464. The number of hydrogen-bond acceptors (Lipinski definition) is 4. The molecule has 1 rings (SSSR count). The second-order valence-corrected chi connectivity index (χ2v) is 1.16. The van der Waals surface area contributed by atoms with Gasteiger partial charge >= 0.3 is 12.2 Å². The monoisotopic (exact) mass is 132 g/mol. The lowest BCUT2D eigenvalue weighted by Crippen LogP contribution is -2.04. The van der Waals surface area contributed by atoms with Gasteiger partial charge in [-0.25, -0.2) is 0 Å². The smallest absolute Gasteiger partial charge is 0.313 e. The molecule has 9 heavy (non-hydrogen) atoms. The second kappa shape index (κ2) is 1.88. The fourth-order valence-corrected chi connectivity index (χ4v) is 0.309. The minimum Gasteiger partial charge on any atom is -0.844 e. The third kappa shape index (κ3) is 1.28. The normalized spacial score (nSPS) is 9.56. The zero-order valence-corrected chi connectivity index (χ0v) is 4.01. The first-order valence-corrected chi connectivity index (χ1v) is 1.92. The Morgan fingerprint density at radius 3 is 1.78 bits per heavy atom. The molecule has 0 unspecified atom stereocenters. The van der Waals surface area contributed by atoms with Crippen molar-refractivity contribution in [1.82, 2.24) is 15.0 Å². The molecule has 0 radical (unpaired) electrons. The van der Waals surface area contributed by atoms with Crippen LogP contribution in [0, 0.1) is 12.2 Å². The van der Waals surface area contributed by atoms with E-state index in [4.69, 9.17) is 0 Å². The molecule has 0 aliphatic heterocycles. The van der Waals surface area contributed by atoms with Crippen molar-refractivity contribution in [2.45, 2.75) is 0 Å². The molecule has 0 amide bonds. The summed E-state index contributed by atoms with van der Waals surface area (Å²) in [6.07, 6.45) is -2.79. The summed E-state index contributed by atoms with van der Waals surface area (Å²) in [6.45, 7) is 0. The van der Waals surface area contributed by atoms with Gasteiger partial charge in [-0.2, -0.15) is 23.7 Å². The van der Waals surface area contributed by atoms with Crippen LogP contribution in [0.1, 0.15) is 0 Å². The Hall–Kier alpha value is -1.33. The van der Waals surface area contributed by atoms with Crippen LogP contribution in [-0.2, 0) is 0 Å². The molecule has 0 aromatic carbocycles. The fourth-order valence-electron chi connectivity index (χ4n) is 0.309. The van der Waals surface area contributed by atoms with E-state index in [0.717, 1.165) is 0 Å². The molecule has 1 heterocycles. The summed E-state index contributed by atoms with van der Waals surface area (Å²) in [5, 5.41) is 9.97. The fraction of sp³-hybridized carbons (Fsp3) is 0. The predicted octanol–water partition coefficient (Wildman–Crippen LogP) is -0.777. The van der Waals surface area contributed by atoms with Gasteiger partial charge in [-0.05, 0) is 0 Å². The topological polar surface area (TPSA) is 61.7 Å². The first-order chi connectivity index (χ1) is 4.18. The predicted molar refractivity (Wildman–Crippen MR) is 19.2 cm³/mol. The van der Waals surface area contributed by atoms with Crippen molar-refractivity contribution in [3.05, 3.63) is 12.2 Å². The first-order valence-electron chi connectivity index (χ1n) is 1.92. The van der Waals surface area contributed by atoms with Gasteiger partial charge in [0.05, 0.1) is 6.01 Å². The van der Waals surface area contributed by atoms with Crippen LogP contribution in [0.3, 0.4) is 0 Å². The molecule has 4 nitrogen and oxygen atoms in total. The molecule has 0 spiro atoms. The summed E-state index contributed by atoms with van der Waals surface area (Å²) >= 11 is 0. The van der Waals surface area contributed by atoms with Crippen LogP contribution in [0.25, 0.3) is 0 Å². The van der Waals surface area contributed by atoms with Crippen LogP contribution < -0.4 is 5.11 Å². The summed E-state index contributed by atoms with van der Waals surface area (Å²) in [7, 11) is 0. The maximum Gasteiger partial charge on any atom is 0.313 e. The van der Waals surface area contributed by atoms with Crippen molar-refractivity contribution < 1.29 is 13.9 Å². The lowest BCUT2D eigenvalue weighted by Gasteiger charge is -1.98. The van der Waals surface area contributed by atoms with Crippen LogP contribution >= 0.6 is 0 Å². The average molecular weight is 132 g/mol. The van der Waals surface area contributed by atoms with Crippen molar-refractivity contribution in [2.75, 3.05) is 0 Å². The highest BCUT2D eigenvalue weighted by Crippen LogP contribution is 1.93. The van der Waals surface area contributed by atoms with Crippen LogP contribution in [0.2, 0.25) is 0 Å². The molecule has 0 saturated carbocycles. The largest absolute Gasteiger partial charge is 0.844 e. The Morgan fingerprint density at radius 1 is 1.00 bits per heavy atom. The van der Waals surface area contributed by atoms with E-state index >= 15 is 0 Å². The summed E-state index contributed by atoms with van der Waals surface area (Å²) in [6, 6.07) is -1.21. The second-order valence-electron chi connectivity index (χ2n) is 1.16. The average Bonchev–Trinajstić information content (AvgIpc) is 1.59. The zero-order chi connectivity index (χ0) is 6.85. The molecule has 0 N–H and O–H groups in total. The molecule has 1 aromatic heterocycles. The van der Waals surface area contributed by atoms with E-state index in [0.29, 0.717) is 0 Å². The Morgan fingerprint density at radius 2 is 1.44 bits per heavy atom.